The third-order valence-electron chi connectivity index (χ3n) is 2.49. The number of rotatable bonds is 6. The summed E-state index contributed by atoms with van der Waals surface area (Å²) in [6.07, 6.45) is 3.60. The van der Waals surface area contributed by atoms with Gasteiger partial charge in [0.1, 0.15) is 11.6 Å². The molecule has 0 spiro atoms. The van der Waals surface area contributed by atoms with Crippen LogP contribution in [-0.2, 0) is 0 Å². The predicted octanol–water partition coefficient (Wildman–Crippen LogP) is 3.11. The molecule has 1 fully saturated rings. The summed E-state index contributed by atoms with van der Waals surface area (Å²) in [6, 6.07) is 5.46. The fourth-order valence-corrected chi connectivity index (χ4v) is 1.78. The molecule has 1 aromatic carbocycles. The maximum Gasteiger partial charge on any atom is 0.137 e. The van der Waals surface area contributed by atoms with Crippen LogP contribution in [0.5, 0.6) is 5.75 Å². The summed E-state index contributed by atoms with van der Waals surface area (Å²) in [5.74, 6) is 0.447. The molecule has 0 atom stereocenters. The van der Waals surface area contributed by atoms with E-state index in [1.54, 1.807) is 12.1 Å². The molecular weight excluding hydrogens is 273 g/mol. The molecule has 0 unspecified atom stereocenters. The molecule has 88 valence electrons. The minimum absolute atomic E-state index is 0.261. The Hall–Kier alpha value is -0.610. The molecule has 1 N–H and O–H groups in total. The fraction of sp³-hybridized carbons (Fsp3) is 0.500. The summed E-state index contributed by atoms with van der Waals surface area (Å²) in [4.78, 5) is 0. The van der Waals surface area contributed by atoms with E-state index >= 15 is 0 Å². The first-order chi connectivity index (χ1) is 7.75. The summed E-state index contributed by atoms with van der Waals surface area (Å²) in [7, 11) is 0. The topological polar surface area (TPSA) is 21.3 Å². The summed E-state index contributed by atoms with van der Waals surface area (Å²) in [5, 5.41) is 3.41. The minimum Gasteiger partial charge on any atom is -0.494 e. The number of halogens is 2. The van der Waals surface area contributed by atoms with Gasteiger partial charge in [-0.25, -0.2) is 4.39 Å². The Labute approximate surface area is 103 Å². The van der Waals surface area contributed by atoms with Gasteiger partial charge >= 0.3 is 0 Å². The zero-order chi connectivity index (χ0) is 11.4. The van der Waals surface area contributed by atoms with Crippen molar-refractivity contribution in [2.24, 2.45) is 0 Å². The van der Waals surface area contributed by atoms with Gasteiger partial charge in [-0.15, -0.1) is 0 Å². The first kappa shape index (κ1) is 11.9. The summed E-state index contributed by atoms with van der Waals surface area (Å²) < 4.78 is 18.9. The highest BCUT2D eigenvalue weighted by molar-refractivity contribution is 9.10. The van der Waals surface area contributed by atoms with Gasteiger partial charge in [-0.1, -0.05) is 0 Å². The van der Waals surface area contributed by atoms with E-state index in [9.17, 15) is 4.39 Å². The van der Waals surface area contributed by atoms with E-state index in [0.717, 1.165) is 19.0 Å². The van der Waals surface area contributed by atoms with Gasteiger partial charge in [-0.05, 0) is 59.9 Å². The number of hydrogen-bond acceptors (Lipinski definition) is 2. The highest BCUT2D eigenvalue weighted by Gasteiger charge is 2.19. The standard InChI is InChI=1S/C12H15BrFNO/c13-11-8-10(4-5-12(11)14)16-7-1-6-15-9-2-3-9/h4-5,8-9,15H,1-3,6-7H2. The van der Waals surface area contributed by atoms with Gasteiger partial charge in [0.25, 0.3) is 0 Å². The highest BCUT2D eigenvalue weighted by atomic mass is 79.9. The largest absolute Gasteiger partial charge is 0.494 e. The highest BCUT2D eigenvalue weighted by Crippen LogP contribution is 2.21. The second-order valence-corrected chi connectivity index (χ2v) is 4.86. The van der Waals surface area contributed by atoms with Crippen LogP contribution >= 0.6 is 15.9 Å². The smallest absolute Gasteiger partial charge is 0.137 e. The van der Waals surface area contributed by atoms with E-state index in [4.69, 9.17) is 4.74 Å². The Morgan fingerprint density at radius 2 is 2.25 bits per heavy atom. The quantitative estimate of drug-likeness (QED) is 0.812. The number of benzene rings is 1. The van der Waals surface area contributed by atoms with Gasteiger partial charge in [0.05, 0.1) is 11.1 Å². The van der Waals surface area contributed by atoms with Crippen molar-refractivity contribution in [3.63, 3.8) is 0 Å². The van der Waals surface area contributed by atoms with Gasteiger partial charge in [0.15, 0.2) is 0 Å². The second kappa shape index (κ2) is 5.64. The first-order valence-electron chi connectivity index (χ1n) is 5.57. The molecule has 0 aromatic heterocycles. The fourth-order valence-electron chi connectivity index (χ4n) is 1.42. The summed E-state index contributed by atoms with van der Waals surface area (Å²) >= 11 is 3.13. The molecule has 1 aliphatic rings. The molecule has 2 rings (SSSR count). The van der Waals surface area contributed by atoms with Crippen molar-refractivity contribution < 1.29 is 9.13 Å². The lowest BCUT2D eigenvalue weighted by molar-refractivity contribution is 0.307. The lowest BCUT2D eigenvalue weighted by atomic mass is 10.3. The normalized spacial score (nSPS) is 15.1. The molecular formula is C12H15BrFNO. The molecule has 0 saturated heterocycles. The predicted molar refractivity (Wildman–Crippen MR) is 65.2 cm³/mol. The number of ether oxygens (including phenoxy) is 1. The number of hydrogen-bond donors (Lipinski definition) is 1. The molecule has 0 radical (unpaired) electrons. The van der Waals surface area contributed by atoms with Crippen molar-refractivity contribution in [2.45, 2.75) is 25.3 Å². The van der Waals surface area contributed by atoms with Crippen LogP contribution in [0.25, 0.3) is 0 Å². The Morgan fingerprint density at radius 3 is 2.94 bits per heavy atom. The van der Waals surface area contributed by atoms with Crippen molar-refractivity contribution >= 4 is 15.9 Å². The van der Waals surface area contributed by atoms with Crippen molar-refractivity contribution in [2.75, 3.05) is 13.2 Å². The third kappa shape index (κ3) is 3.76. The van der Waals surface area contributed by atoms with Crippen molar-refractivity contribution in [1.82, 2.24) is 5.32 Å². The van der Waals surface area contributed by atoms with Gasteiger partial charge in [-0.3, -0.25) is 0 Å². The Morgan fingerprint density at radius 1 is 1.44 bits per heavy atom. The van der Waals surface area contributed by atoms with Gasteiger partial charge in [0.2, 0.25) is 0 Å². The van der Waals surface area contributed by atoms with Crippen LogP contribution in [0.4, 0.5) is 4.39 Å². The maximum atomic E-state index is 12.9. The zero-order valence-corrected chi connectivity index (χ0v) is 10.6. The lowest BCUT2D eigenvalue weighted by Crippen LogP contribution is -2.19. The Kier molecular flexibility index (Phi) is 4.18. The second-order valence-electron chi connectivity index (χ2n) is 4.01. The minimum atomic E-state index is -0.261. The van der Waals surface area contributed by atoms with Crippen molar-refractivity contribution in [3.05, 3.63) is 28.5 Å². The maximum absolute atomic E-state index is 12.9. The summed E-state index contributed by atoms with van der Waals surface area (Å²) in [6.45, 7) is 1.66. The molecule has 4 heteroatoms. The number of nitrogens with one attached hydrogen (secondary N) is 1. The average Bonchev–Trinajstić information content (AvgIpc) is 3.07. The van der Waals surface area contributed by atoms with Gasteiger partial charge < -0.3 is 10.1 Å². The van der Waals surface area contributed by atoms with Crippen LogP contribution in [0.1, 0.15) is 19.3 Å². The van der Waals surface area contributed by atoms with E-state index in [-0.39, 0.29) is 5.82 Å². The monoisotopic (exact) mass is 287 g/mol. The van der Waals surface area contributed by atoms with Gasteiger partial charge in [0, 0.05) is 6.04 Å². The van der Waals surface area contributed by atoms with Crippen molar-refractivity contribution in [3.8, 4) is 5.75 Å². The van der Waals surface area contributed by atoms with E-state index in [2.05, 4.69) is 21.2 Å². The lowest BCUT2D eigenvalue weighted by Gasteiger charge is -2.07. The molecule has 16 heavy (non-hydrogen) atoms. The Bertz CT molecular complexity index is 355. The molecule has 2 nitrogen and oxygen atoms in total. The summed E-state index contributed by atoms with van der Waals surface area (Å²) in [5.41, 5.74) is 0. The molecule has 0 heterocycles. The van der Waals surface area contributed by atoms with Crippen LogP contribution in [0, 0.1) is 5.82 Å². The Balaban J connectivity index is 1.65. The molecule has 0 amide bonds. The van der Waals surface area contributed by atoms with Crippen LogP contribution in [-0.4, -0.2) is 19.2 Å². The van der Waals surface area contributed by atoms with Crippen LogP contribution < -0.4 is 10.1 Å². The van der Waals surface area contributed by atoms with Gasteiger partial charge in [-0.2, -0.15) is 0 Å². The third-order valence-corrected chi connectivity index (χ3v) is 3.10. The SMILES string of the molecule is Fc1ccc(OCCCNC2CC2)cc1Br. The van der Waals surface area contributed by atoms with E-state index in [1.165, 1.54) is 18.9 Å². The van der Waals surface area contributed by atoms with E-state index in [1.807, 2.05) is 0 Å². The first-order valence-corrected chi connectivity index (χ1v) is 6.36. The van der Waals surface area contributed by atoms with E-state index < -0.39 is 0 Å². The zero-order valence-electron chi connectivity index (χ0n) is 9.01. The molecule has 1 saturated carbocycles. The molecule has 0 bridgehead atoms. The van der Waals surface area contributed by atoms with Crippen LogP contribution in [0.3, 0.4) is 0 Å². The molecule has 0 aliphatic heterocycles. The van der Waals surface area contributed by atoms with Crippen LogP contribution in [0.15, 0.2) is 22.7 Å². The molecule has 1 aromatic rings. The van der Waals surface area contributed by atoms with Crippen LogP contribution in [0.2, 0.25) is 0 Å². The van der Waals surface area contributed by atoms with Crippen molar-refractivity contribution in [1.29, 1.82) is 0 Å². The molecule has 1 aliphatic carbocycles. The average molecular weight is 288 g/mol. The van der Waals surface area contributed by atoms with E-state index in [0.29, 0.717) is 16.8 Å².